The number of thiophene rings is 1. The van der Waals surface area contributed by atoms with Crippen molar-refractivity contribution in [3.8, 4) is 0 Å². The minimum Gasteiger partial charge on any atom is -0.377 e. The molecule has 90 valence electrons. The van der Waals surface area contributed by atoms with Gasteiger partial charge in [-0.15, -0.1) is 11.3 Å². The Morgan fingerprint density at radius 3 is 2.71 bits per heavy atom. The van der Waals surface area contributed by atoms with E-state index in [1.165, 1.54) is 4.88 Å². The van der Waals surface area contributed by atoms with Crippen molar-refractivity contribution in [2.24, 2.45) is 0 Å². The van der Waals surface area contributed by atoms with Gasteiger partial charge >= 0.3 is 0 Å². The molecule has 0 aliphatic carbocycles. The molecular weight excluding hydrogens is 385 g/mol. The standard InChI is InChI=1S/C12H10Br2ClNS/c1-7(12-4-8(13)6-17-12)16-11-5-9(15)2-3-10(11)14/h2-7,16H,1H3. The second-order valence-electron chi connectivity index (χ2n) is 3.66. The lowest BCUT2D eigenvalue weighted by atomic mass is 10.2. The van der Waals surface area contributed by atoms with Crippen LogP contribution in [0.2, 0.25) is 5.02 Å². The Labute approximate surface area is 126 Å². The Hall–Kier alpha value is -0.0300. The number of hydrogen-bond donors (Lipinski definition) is 1. The van der Waals surface area contributed by atoms with Gasteiger partial charge in [0.25, 0.3) is 0 Å². The van der Waals surface area contributed by atoms with Gasteiger partial charge < -0.3 is 5.32 Å². The SMILES string of the molecule is CC(Nc1cc(Cl)ccc1Br)c1cc(Br)cs1. The molecule has 1 aromatic heterocycles. The highest BCUT2D eigenvalue weighted by Gasteiger charge is 2.10. The van der Waals surface area contributed by atoms with Crippen LogP contribution in [-0.2, 0) is 0 Å². The second-order valence-corrected chi connectivity index (χ2v) is 6.81. The van der Waals surface area contributed by atoms with Crippen molar-refractivity contribution in [3.05, 3.63) is 48.5 Å². The van der Waals surface area contributed by atoms with Gasteiger partial charge in [0.15, 0.2) is 0 Å². The minimum absolute atomic E-state index is 0.251. The number of rotatable bonds is 3. The van der Waals surface area contributed by atoms with Gasteiger partial charge in [0.05, 0.1) is 11.7 Å². The van der Waals surface area contributed by atoms with Gasteiger partial charge in [-0.05, 0) is 63.0 Å². The molecule has 5 heteroatoms. The molecule has 1 nitrogen and oxygen atoms in total. The fourth-order valence-electron chi connectivity index (χ4n) is 1.47. The molecule has 1 N–H and O–H groups in total. The summed E-state index contributed by atoms with van der Waals surface area (Å²) in [4.78, 5) is 1.28. The third kappa shape index (κ3) is 3.47. The van der Waals surface area contributed by atoms with Crippen molar-refractivity contribution in [3.63, 3.8) is 0 Å². The van der Waals surface area contributed by atoms with Gasteiger partial charge in [-0.3, -0.25) is 0 Å². The zero-order valence-electron chi connectivity index (χ0n) is 9.01. The molecule has 0 aliphatic rings. The monoisotopic (exact) mass is 393 g/mol. The lowest BCUT2D eigenvalue weighted by molar-refractivity contribution is 0.906. The number of nitrogens with one attached hydrogen (secondary N) is 1. The van der Waals surface area contributed by atoms with Crippen LogP contribution < -0.4 is 5.32 Å². The fourth-order valence-corrected chi connectivity index (χ4v) is 3.45. The average Bonchev–Trinajstić information content (AvgIpc) is 2.70. The molecule has 0 amide bonds. The summed E-state index contributed by atoms with van der Waals surface area (Å²) in [6.45, 7) is 2.13. The van der Waals surface area contributed by atoms with Gasteiger partial charge in [-0.2, -0.15) is 0 Å². The highest BCUT2D eigenvalue weighted by atomic mass is 79.9. The molecule has 17 heavy (non-hydrogen) atoms. The van der Waals surface area contributed by atoms with E-state index in [0.717, 1.165) is 19.7 Å². The molecule has 2 aromatic rings. The maximum absolute atomic E-state index is 5.98. The molecule has 1 atom stereocenters. The molecule has 0 saturated heterocycles. The molecule has 0 fully saturated rings. The third-order valence-electron chi connectivity index (χ3n) is 2.31. The molecule has 0 saturated carbocycles. The van der Waals surface area contributed by atoms with E-state index in [0.29, 0.717) is 0 Å². The van der Waals surface area contributed by atoms with Gasteiger partial charge in [0.2, 0.25) is 0 Å². The Kier molecular flexibility index (Phi) is 4.53. The quantitative estimate of drug-likeness (QED) is 0.662. The maximum Gasteiger partial charge on any atom is 0.0579 e. The lowest BCUT2D eigenvalue weighted by Gasteiger charge is -2.15. The van der Waals surface area contributed by atoms with Crippen molar-refractivity contribution in [2.75, 3.05) is 5.32 Å². The predicted octanol–water partition coefficient (Wildman–Crippen LogP) is 6.10. The molecule has 0 radical (unpaired) electrons. The van der Waals surface area contributed by atoms with E-state index in [2.05, 4.69) is 55.5 Å². The van der Waals surface area contributed by atoms with Crippen molar-refractivity contribution in [1.82, 2.24) is 0 Å². The van der Waals surface area contributed by atoms with E-state index in [9.17, 15) is 0 Å². The Balaban J connectivity index is 2.18. The van der Waals surface area contributed by atoms with Crippen LogP contribution in [0.1, 0.15) is 17.8 Å². The number of benzene rings is 1. The van der Waals surface area contributed by atoms with Gasteiger partial charge in [0, 0.05) is 24.2 Å². The summed E-state index contributed by atoms with van der Waals surface area (Å²) in [6, 6.07) is 8.11. The summed E-state index contributed by atoms with van der Waals surface area (Å²) in [7, 11) is 0. The van der Waals surface area contributed by atoms with E-state index in [-0.39, 0.29) is 6.04 Å². The largest absolute Gasteiger partial charge is 0.377 e. The van der Waals surface area contributed by atoms with E-state index >= 15 is 0 Å². The summed E-state index contributed by atoms with van der Waals surface area (Å²) in [6.07, 6.45) is 0. The molecule has 2 rings (SSSR count). The molecule has 1 heterocycles. The van der Waals surface area contributed by atoms with Crippen molar-refractivity contribution < 1.29 is 0 Å². The Morgan fingerprint density at radius 1 is 1.29 bits per heavy atom. The van der Waals surface area contributed by atoms with E-state index < -0.39 is 0 Å². The summed E-state index contributed by atoms with van der Waals surface area (Å²) in [5, 5.41) is 6.25. The Morgan fingerprint density at radius 2 is 2.06 bits per heavy atom. The molecular formula is C12H10Br2ClNS. The maximum atomic E-state index is 5.98. The summed E-state index contributed by atoms with van der Waals surface area (Å²) < 4.78 is 2.14. The summed E-state index contributed by atoms with van der Waals surface area (Å²) in [5.74, 6) is 0. The van der Waals surface area contributed by atoms with Crippen LogP contribution in [0, 0.1) is 0 Å². The Bertz CT molecular complexity index is 527. The second kappa shape index (κ2) is 5.74. The van der Waals surface area contributed by atoms with E-state index in [1.807, 2.05) is 18.2 Å². The zero-order chi connectivity index (χ0) is 12.4. The van der Waals surface area contributed by atoms with Gasteiger partial charge in [-0.1, -0.05) is 11.6 Å². The topological polar surface area (TPSA) is 12.0 Å². The third-order valence-corrected chi connectivity index (χ3v) is 5.12. The molecule has 1 aromatic carbocycles. The van der Waals surface area contributed by atoms with Crippen LogP contribution in [0.15, 0.2) is 38.6 Å². The first-order valence-corrected chi connectivity index (χ1v) is 7.86. The van der Waals surface area contributed by atoms with Crippen molar-refractivity contribution in [1.29, 1.82) is 0 Å². The first kappa shape index (κ1) is 13.4. The highest BCUT2D eigenvalue weighted by molar-refractivity contribution is 9.10. The van der Waals surface area contributed by atoms with E-state index in [4.69, 9.17) is 11.6 Å². The van der Waals surface area contributed by atoms with Crippen LogP contribution >= 0.6 is 54.8 Å². The van der Waals surface area contributed by atoms with Crippen LogP contribution in [0.4, 0.5) is 5.69 Å². The zero-order valence-corrected chi connectivity index (χ0v) is 13.8. The first-order chi connectivity index (χ1) is 8.06. The summed E-state index contributed by atoms with van der Waals surface area (Å²) >= 11 is 14.7. The average molecular weight is 396 g/mol. The first-order valence-electron chi connectivity index (χ1n) is 5.02. The normalized spacial score (nSPS) is 12.5. The number of halogens is 3. The minimum atomic E-state index is 0.251. The van der Waals surface area contributed by atoms with Crippen LogP contribution in [0.3, 0.4) is 0 Å². The molecule has 1 unspecified atom stereocenters. The van der Waals surface area contributed by atoms with Crippen LogP contribution in [0.5, 0.6) is 0 Å². The van der Waals surface area contributed by atoms with Gasteiger partial charge in [-0.25, -0.2) is 0 Å². The van der Waals surface area contributed by atoms with Gasteiger partial charge in [0.1, 0.15) is 0 Å². The van der Waals surface area contributed by atoms with Crippen LogP contribution in [-0.4, -0.2) is 0 Å². The van der Waals surface area contributed by atoms with Crippen molar-refractivity contribution in [2.45, 2.75) is 13.0 Å². The molecule has 0 bridgehead atoms. The number of hydrogen-bond acceptors (Lipinski definition) is 2. The lowest BCUT2D eigenvalue weighted by Crippen LogP contribution is -2.05. The smallest absolute Gasteiger partial charge is 0.0579 e. The molecule has 0 aliphatic heterocycles. The van der Waals surface area contributed by atoms with E-state index in [1.54, 1.807) is 11.3 Å². The molecule has 0 spiro atoms. The van der Waals surface area contributed by atoms with Crippen molar-refractivity contribution >= 4 is 60.5 Å². The summed E-state index contributed by atoms with van der Waals surface area (Å²) in [5.41, 5.74) is 1.01. The fraction of sp³-hybridized carbons (Fsp3) is 0.167. The predicted molar refractivity (Wildman–Crippen MR) is 83.2 cm³/mol. The number of anilines is 1. The highest BCUT2D eigenvalue weighted by Crippen LogP contribution is 2.32. The van der Waals surface area contributed by atoms with Crippen LogP contribution in [0.25, 0.3) is 0 Å².